The molecule has 0 spiro atoms. The van der Waals surface area contributed by atoms with Crippen molar-refractivity contribution < 1.29 is 17.2 Å². The number of fused-ring (bicyclic) bond motifs is 1. The lowest BCUT2D eigenvalue weighted by Gasteiger charge is -2.07. The fraction of sp³-hybridized carbons (Fsp3) is 0.250. The number of aryl methyl sites for hydroxylation is 2. The smallest absolute Gasteiger partial charge is 0.237 e. The van der Waals surface area contributed by atoms with Gasteiger partial charge in [0.2, 0.25) is 10.0 Å². The summed E-state index contributed by atoms with van der Waals surface area (Å²) in [6.45, 7) is 2.04. The Morgan fingerprint density at radius 2 is 2.00 bits per heavy atom. The third-order valence-electron chi connectivity index (χ3n) is 3.62. The molecule has 9 heteroatoms. The van der Waals surface area contributed by atoms with E-state index in [0.29, 0.717) is 18.9 Å². The zero-order valence-electron chi connectivity index (χ0n) is 13.4. The van der Waals surface area contributed by atoms with Crippen molar-refractivity contribution in [3.8, 4) is 0 Å². The van der Waals surface area contributed by atoms with Gasteiger partial charge in [0, 0.05) is 25.0 Å². The van der Waals surface area contributed by atoms with E-state index in [-0.39, 0.29) is 11.4 Å². The Bertz CT molecular complexity index is 1020. The van der Waals surface area contributed by atoms with E-state index >= 15 is 0 Å². The van der Waals surface area contributed by atoms with Crippen LogP contribution < -0.4 is 4.72 Å². The van der Waals surface area contributed by atoms with Crippen LogP contribution >= 0.6 is 0 Å². The van der Waals surface area contributed by atoms with Crippen molar-refractivity contribution in [3.05, 3.63) is 59.6 Å². The van der Waals surface area contributed by atoms with Gasteiger partial charge in [0.25, 0.3) is 0 Å². The van der Waals surface area contributed by atoms with Crippen molar-refractivity contribution in [2.24, 2.45) is 0 Å². The van der Waals surface area contributed by atoms with Gasteiger partial charge >= 0.3 is 0 Å². The molecule has 0 aliphatic carbocycles. The van der Waals surface area contributed by atoms with E-state index in [1.165, 1.54) is 0 Å². The Kier molecular flexibility index (Phi) is 4.78. The van der Waals surface area contributed by atoms with Gasteiger partial charge in [-0.3, -0.25) is 0 Å². The standard InChI is InChI=1S/C16H16F2N4O2S/c1-11-7-16-19-9-12(10-22(16)21-11)3-2-6-20-25(23,24)13-4-5-14(17)15(18)8-13/h4-5,7-10,20H,2-3,6H2,1H3. The first kappa shape index (κ1) is 17.4. The SMILES string of the molecule is Cc1cc2ncc(CCCNS(=O)(=O)c3ccc(F)c(F)c3)cn2n1. The second-order valence-electron chi connectivity index (χ2n) is 5.63. The van der Waals surface area contributed by atoms with Crippen LogP contribution in [-0.2, 0) is 16.4 Å². The van der Waals surface area contributed by atoms with Crippen molar-refractivity contribution in [2.75, 3.05) is 6.54 Å². The molecule has 0 aliphatic heterocycles. The summed E-state index contributed by atoms with van der Waals surface area (Å²) in [7, 11) is -3.88. The maximum Gasteiger partial charge on any atom is 0.240 e. The summed E-state index contributed by atoms with van der Waals surface area (Å²) in [5.74, 6) is -2.28. The van der Waals surface area contributed by atoms with E-state index in [4.69, 9.17) is 0 Å². The number of nitrogens with one attached hydrogen (secondary N) is 1. The van der Waals surface area contributed by atoms with Gasteiger partial charge in [-0.05, 0) is 43.5 Å². The first-order chi connectivity index (χ1) is 11.8. The predicted molar refractivity (Wildman–Crippen MR) is 87.6 cm³/mol. The maximum absolute atomic E-state index is 13.2. The molecule has 0 atom stereocenters. The van der Waals surface area contributed by atoms with E-state index in [0.717, 1.165) is 29.0 Å². The maximum atomic E-state index is 13.2. The van der Waals surface area contributed by atoms with Crippen LogP contribution in [0.25, 0.3) is 5.65 Å². The van der Waals surface area contributed by atoms with Gasteiger partial charge in [-0.25, -0.2) is 31.4 Å². The van der Waals surface area contributed by atoms with Gasteiger partial charge in [-0.15, -0.1) is 0 Å². The van der Waals surface area contributed by atoms with Crippen LogP contribution in [0.3, 0.4) is 0 Å². The van der Waals surface area contributed by atoms with Crippen molar-refractivity contribution in [2.45, 2.75) is 24.7 Å². The molecule has 25 heavy (non-hydrogen) atoms. The molecule has 0 amide bonds. The van der Waals surface area contributed by atoms with Crippen molar-refractivity contribution >= 4 is 15.7 Å². The van der Waals surface area contributed by atoms with E-state index in [2.05, 4.69) is 14.8 Å². The molecule has 0 fully saturated rings. The third-order valence-corrected chi connectivity index (χ3v) is 5.08. The summed E-state index contributed by atoms with van der Waals surface area (Å²) in [5.41, 5.74) is 2.53. The fourth-order valence-electron chi connectivity index (χ4n) is 2.39. The lowest BCUT2D eigenvalue weighted by atomic mass is 10.2. The van der Waals surface area contributed by atoms with Gasteiger partial charge in [0.15, 0.2) is 17.3 Å². The molecule has 1 N–H and O–H groups in total. The van der Waals surface area contributed by atoms with Crippen molar-refractivity contribution in [3.63, 3.8) is 0 Å². The highest BCUT2D eigenvalue weighted by Crippen LogP contribution is 2.13. The number of halogens is 2. The molecular weight excluding hydrogens is 350 g/mol. The average molecular weight is 366 g/mol. The molecule has 0 aliphatic rings. The predicted octanol–water partition coefficient (Wildman–Crippen LogP) is 2.23. The molecule has 1 aromatic carbocycles. The molecule has 0 bridgehead atoms. The number of rotatable bonds is 6. The van der Waals surface area contributed by atoms with Crippen LogP contribution in [0, 0.1) is 18.6 Å². The molecule has 0 saturated carbocycles. The quantitative estimate of drug-likeness (QED) is 0.679. The molecule has 0 unspecified atom stereocenters. The van der Waals surface area contributed by atoms with E-state index in [1.54, 1.807) is 10.7 Å². The highest BCUT2D eigenvalue weighted by molar-refractivity contribution is 7.89. The highest BCUT2D eigenvalue weighted by Gasteiger charge is 2.15. The Labute approximate surface area is 143 Å². The molecule has 6 nitrogen and oxygen atoms in total. The molecule has 2 aromatic heterocycles. The zero-order valence-corrected chi connectivity index (χ0v) is 14.2. The Hall–Kier alpha value is -2.39. The van der Waals surface area contributed by atoms with Crippen LogP contribution in [-0.4, -0.2) is 29.6 Å². The van der Waals surface area contributed by atoms with Crippen molar-refractivity contribution in [1.29, 1.82) is 0 Å². The van der Waals surface area contributed by atoms with Crippen LogP contribution in [0.15, 0.2) is 41.6 Å². The van der Waals surface area contributed by atoms with Gasteiger partial charge in [0.1, 0.15) is 0 Å². The molecular formula is C16H16F2N4O2S. The molecule has 2 heterocycles. The number of nitrogens with zero attached hydrogens (tertiary/aromatic N) is 3. The number of hydrogen-bond acceptors (Lipinski definition) is 4. The second kappa shape index (κ2) is 6.85. The van der Waals surface area contributed by atoms with Gasteiger partial charge in [-0.2, -0.15) is 5.10 Å². The highest BCUT2D eigenvalue weighted by atomic mass is 32.2. The minimum absolute atomic E-state index is 0.164. The van der Waals surface area contributed by atoms with Crippen LogP contribution in [0.4, 0.5) is 8.78 Å². The molecule has 3 rings (SSSR count). The summed E-state index contributed by atoms with van der Waals surface area (Å²) in [6, 6.07) is 4.34. The summed E-state index contributed by atoms with van der Waals surface area (Å²) >= 11 is 0. The van der Waals surface area contributed by atoms with Crippen LogP contribution in [0.5, 0.6) is 0 Å². The first-order valence-electron chi connectivity index (χ1n) is 7.61. The summed E-state index contributed by atoms with van der Waals surface area (Å²) in [4.78, 5) is 3.98. The normalized spacial score (nSPS) is 12.0. The summed E-state index contributed by atoms with van der Waals surface area (Å²) in [6.07, 6.45) is 4.69. The van der Waals surface area contributed by atoms with Crippen LogP contribution in [0.2, 0.25) is 0 Å². The number of aromatic nitrogens is 3. The summed E-state index contributed by atoms with van der Waals surface area (Å²) < 4.78 is 54.2. The van der Waals surface area contributed by atoms with Crippen molar-refractivity contribution in [1.82, 2.24) is 19.3 Å². The third kappa shape index (κ3) is 3.99. The minimum Gasteiger partial charge on any atom is -0.237 e. The molecule has 0 radical (unpaired) electrons. The Balaban J connectivity index is 1.58. The van der Waals surface area contributed by atoms with Crippen LogP contribution in [0.1, 0.15) is 17.7 Å². The number of sulfonamides is 1. The lowest BCUT2D eigenvalue weighted by molar-refractivity contribution is 0.504. The Morgan fingerprint density at radius 1 is 1.20 bits per heavy atom. The van der Waals surface area contributed by atoms with Gasteiger partial charge in [0.05, 0.1) is 10.6 Å². The monoisotopic (exact) mass is 366 g/mol. The van der Waals surface area contributed by atoms with E-state index in [9.17, 15) is 17.2 Å². The number of hydrogen-bond donors (Lipinski definition) is 1. The largest absolute Gasteiger partial charge is 0.240 e. The molecule has 3 aromatic rings. The topological polar surface area (TPSA) is 76.4 Å². The Morgan fingerprint density at radius 3 is 2.76 bits per heavy atom. The van der Waals surface area contributed by atoms with E-state index in [1.807, 2.05) is 19.2 Å². The molecule has 132 valence electrons. The molecule has 0 saturated heterocycles. The lowest BCUT2D eigenvalue weighted by Crippen LogP contribution is -2.25. The number of benzene rings is 1. The zero-order chi connectivity index (χ0) is 18.0. The van der Waals surface area contributed by atoms with E-state index < -0.39 is 21.7 Å². The van der Waals surface area contributed by atoms with Gasteiger partial charge in [-0.1, -0.05) is 0 Å². The summed E-state index contributed by atoms with van der Waals surface area (Å²) in [5, 5.41) is 4.27. The fourth-order valence-corrected chi connectivity index (χ4v) is 3.47. The van der Waals surface area contributed by atoms with Gasteiger partial charge < -0.3 is 0 Å². The minimum atomic E-state index is -3.88. The average Bonchev–Trinajstić information content (AvgIpc) is 2.93. The first-order valence-corrected chi connectivity index (χ1v) is 9.09. The second-order valence-corrected chi connectivity index (χ2v) is 7.39.